The molecule has 0 heterocycles. The van der Waals surface area contributed by atoms with Crippen LogP contribution in [0.15, 0.2) is 0 Å². The largest absolute Gasteiger partial charge is 0.385 e. The molecule has 0 amide bonds. The van der Waals surface area contributed by atoms with E-state index in [4.69, 9.17) is 4.74 Å². The van der Waals surface area contributed by atoms with Crippen molar-refractivity contribution in [3.8, 4) is 0 Å². The van der Waals surface area contributed by atoms with Gasteiger partial charge in [0.2, 0.25) is 0 Å². The molecule has 0 N–H and O–H groups in total. The van der Waals surface area contributed by atoms with E-state index in [9.17, 15) is 0 Å². The summed E-state index contributed by atoms with van der Waals surface area (Å²) in [5, 5.41) is 0. The predicted octanol–water partition coefficient (Wildman–Crippen LogP) is 5.46. The molecule has 2 aliphatic carbocycles. The Hall–Kier alpha value is 0.690. The smallest absolute Gasteiger partial charge is 0.0465 e. The van der Waals surface area contributed by atoms with E-state index in [1.165, 1.54) is 38.5 Å². The van der Waals surface area contributed by atoms with E-state index in [1.807, 2.05) is 7.11 Å². The highest BCUT2D eigenvalue weighted by molar-refractivity contribution is 14.1. The van der Waals surface area contributed by atoms with Crippen LogP contribution in [0.1, 0.15) is 66.2 Å². The van der Waals surface area contributed by atoms with Crippen molar-refractivity contribution >= 4 is 22.6 Å². The third-order valence-electron chi connectivity index (χ3n) is 6.56. The number of halogens is 1. The zero-order valence-electron chi connectivity index (χ0n) is 13.4. The molecule has 4 atom stereocenters. The SMILES string of the molecule is COCC[C@@H]1[C@@H](C)CC[C@@]2(I)C(C)(C)CCC[C@]12C. The summed E-state index contributed by atoms with van der Waals surface area (Å²) in [5.41, 5.74) is 0.970. The van der Waals surface area contributed by atoms with Crippen molar-refractivity contribution in [2.75, 3.05) is 13.7 Å². The second-order valence-electron chi connectivity index (χ2n) is 7.86. The molecule has 0 aliphatic heterocycles. The number of methoxy groups -OCH3 is 1. The third-order valence-corrected chi connectivity index (χ3v) is 9.79. The van der Waals surface area contributed by atoms with Gasteiger partial charge in [-0.2, -0.15) is 0 Å². The highest BCUT2D eigenvalue weighted by Gasteiger charge is 2.62. The summed E-state index contributed by atoms with van der Waals surface area (Å²) in [6.45, 7) is 11.0. The molecule has 19 heavy (non-hydrogen) atoms. The van der Waals surface area contributed by atoms with Gasteiger partial charge >= 0.3 is 0 Å². The van der Waals surface area contributed by atoms with Gasteiger partial charge in [-0.3, -0.25) is 0 Å². The second-order valence-corrected chi connectivity index (χ2v) is 9.70. The van der Waals surface area contributed by atoms with Crippen LogP contribution >= 0.6 is 22.6 Å². The lowest BCUT2D eigenvalue weighted by atomic mass is 9.46. The molecular weight excluding hydrogens is 347 g/mol. The molecule has 0 aromatic heterocycles. The molecular formula is C17H31IO. The predicted molar refractivity (Wildman–Crippen MR) is 90.9 cm³/mol. The van der Waals surface area contributed by atoms with Gasteiger partial charge in [0.25, 0.3) is 0 Å². The lowest BCUT2D eigenvalue weighted by Crippen LogP contribution is -2.61. The quantitative estimate of drug-likeness (QED) is 0.468. The average Bonchev–Trinajstić information content (AvgIpc) is 2.33. The number of rotatable bonds is 3. The first-order valence-corrected chi connectivity index (χ1v) is 9.04. The summed E-state index contributed by atoms with van der Waals surface area (Å²) < 4.78 is 5.87. The van der Waals surface area contributed by atoms with E-state index in [0.717, 1.165) is 18.4 Å². The molecule has 0 unspecified atom stereocenters. The zero-order valence-corrected chi connectivity index (χ0v) is 15.5. The van der Waals surface area contributed by atoms with E-state index in [2.05, 4.69) is 50.3 Å². The van der Waals surface area contributed by atoms with Crippen LogP contribution in [0.2, 0.25) is 0 Å². The maximum Gasteiger partial charge on any atom is 0.0465 e. The number of ether oxygens (including phenoxy) is 1. The minimum absolute atomic E-state index is 0.473. The van der Waals surface area contributed by atoms with Crippen LogP contribution in [0, 0.1) is 22.7 Å². The van der Waals surface area contributed by atoms with Gasteiger partial charge in [-0.25, -0.2) is 0 Å². The van der Waals surface area contributed by atoms with Crippen molar-refractivity contribution in [3.63, 3.8) is 0 Å². The Bertz CT molecular complexity index is 327. The van der Waals surface area contributed by atoms with E-state index >= 15 is 0 Å². The van der Waals surface area contributed by atoms with Gasteiger partial charge in [0.1, 0.15) is 0 Å². The van der Waals surface area contributed by atoms with Crippen molar-refractivity contribution < 1.29 is 4.74 Å². The highest BCUT2D eigenvalue weighted by atomic mass is 127. The lowest BCUT2D eigenvalue weighted by Gasteiger charge is -2.64. The fraction of sp³-hybridized carbons (Fsp3) is 1.00. The molecule has 2 saturated carbocycles. The molecule has 0 aromatic carbocycles. The Labute approximate surface area is 133 Å². The summed E-state index contributed by atoms with van der Waals surface area (Å²) in [6, 6.07) is 0. The second kappa shape index (κ2) is 5.47. The topological polar surface area (TPSA) is 9.23 Å². The first kappa shape index (κ1) is 16.1. The van der Waals surface area contributed by atoms with Crippen molar-refractivity contribution in [1.29, 1.82) is 0 Å². The molecule has 0 bridgehead atoms. The Morgan fingerprint density at radius 2 is 1.84 bits per heavy atom. The van der Waals surface area contributed by atoms with Crippen LogP contribution in [-0.2, 0) is 4.74 Å². The van der Waals surface area contributed by atoms with Gasteiger partial charge in [-0.1, -0.05) is 56.7 Å². The average molecular weight is 378 g/mol. The summed E-state index contributed by atoms with van der Waals surface area (Å²) in [4.78, 5) is 0. The molecule has 0 saturated heterocycles. The maximum atomic E-state index is 5.40. The van der Waals surface area contributed by atoms with Crippen molar-refractivity contribution in [3.05, 3.63) is 0 Å². The van der Waals surface area contributed by atoms with E-state index in [-0.39, 0.29) is 0 Å². The Morgan fingerprint density at radius 1 is 1.16 bits per heavy atom. The fourth-order valence-corrected chi connectivity index (χ4v) is 6.52. The summed E-state index contributed by atoms with van der Waals surface area (Å²) >= 11 is 2.86. The molecule has 1 nitrogen and oxygen atoms in total. The van der Waals surface area contributed by atoms with Crippen molar-refractivity contribution in [2.24, 2.45) is 22.7 Å². The number of hydrogen-bond donors (Lipinski definition) is 0. The molecule has 2 rings (SSSR count). The standard InChI is InChI=1S/C17H31IO/c1-13-7-11-17(18)15(2,3)9-6-10-16(17,4)14(13)8-12-19-5/h13-14H,6-12H2,1-5H3/t13-,14+,16+,17+/m0/s1. The van der Waals surface area contributed by atoms with Crippen LogP contribution in [-0.4, -0.2) is 17.1 Å². The van der Waals surface area contributed by atoms with Crippen molar-refractivity contribution in [1.82, 2.24) is 0 Å². The first-order valence-electron chi connectivity index (χ1n) is 7.96. The molecule has 112 valence electrons. The van der Waals surface area contributed by atoms with Gasteiger partial charge in [-0.15, -0.1) is 0 Å². The van der Waals surface area contributed by atoms with E-state index in [1.54, 1.807) is 0 Å². The van der Waals surface area contributed by atoms with Crippen molar-refractivity contribution in [2.45, 2.75) is 69.6 Å². The fourth-order valence-electron chi connectivity index (χ4n) is 5.27. The first-order chi connectivity index (χ1) is 8.78. The number of hydrogen-bond acceptors (Lipinski definition) is 1. The highest BCUT2D eigenvalue weighted by Crippen LogP contribution is 2.68. The molecule has 2 heteroatoms. The number of alkyl halides is 1. The van der Waals surface area contributed by atoms with Crippen LogP contribution in [0.5, 0.6) is 0 Å². The Kier molecular flexibility index (Phi) is 4.63. The normalized spacial score (nSPS) is 45.8. The molecule has 0 aromatic rings. The summed E-state index contributed by atoms with van der Waals surface area (Å²) in [5.74, 6) is 1.69. The van der Waals surface area contributed by atoms with Gasteiger partial charge in [0.15, 0.2) is 0 Å². The number of fused-ring (bicyclic) bond motifs is 1. The van der Waals surface area contributed by atoms with Crippen LogP contribution < -0.4 is 0 Å². The molecule has 0 radical (unpaired) electrons. The van der Waals surface area contributed by atoms with Gasteiger partial charge in [0, 0.05) is 17.1 Å². The monoisotopic (exact) mass is 378 g/mol. The molecule has 2 fully saturated rings. The Morgan fingerprint density at radius 3 is 2.47 bits per heavy atom. The van der Waals surface area contributed by atoms with E-state index < -0.39 is 0 Å². The van der Waals surface area contributed by atoms with Crippen LogP contribution in [0.25, 0.3) is 0 Å². The molecule has 2 aliphatic rings. The lowest BCUT2D eigenvalue weighted by molar-refractivity contribution is -0.0669. The minimum atomic E-state index is 0.473. The van der Waals surface area contributed by atoms with E-state index in [0.29, 0.717) is 14.3 Å². The third kappa shape index (κ3) is 2.39. The summed E-state index contributed by atoms with van der Waals surface area (Å²) in [7, 11) is 1.85. The minimum Gasteiger partial charge on any atom is -0.385 e. The molecule has 0 spiro atoms. The maximum absolute atomic E-state index is 5.40. The zero-order chi connectivity index (χ0) is 14.3. The van der Waals surface area contributed by atoms with Crippen LogP contribution in [0.4, 0.5) is 0 Å². The van der Waals surface area contributed by atoms with Gasteiger partial charge < -0.3 is 4.74 Å². The van der Waals surface area contributed by atoms with Crippen LogP contribution in [0.3, 0.4) is 0 Å². The summed E-state index contributed by atoms with van der Waals surface area (Å²) in [6.07, 6.45) is 8.27. The van der Waals surface area contributed by atoms with Gasteiger partial charge in [0.05, 0.1) is 0 Å². The Balaban J connectivity index is 2.34. The van der Waals surface area contributed by atoms with Gasteiger partial charge in [-0.05, 0) is 54.8 Å².